The Morgan fingerprint density at radius 1 is 1.44 bits per heavy atom. The molecule has 0 heterocycles. The summed E-state index contributed by atoms with van der Waals surface area (Å²) in [5.74, 6) is -0.424. The maximum Gasteiger partial charge on any atom is 0.338 e. The van der Waals surface area contributed by atoms with Crippen LogP contribution in [0.1, 0.15) is 17.3 Å². The third-order valence-electron chi connectivity index (χ3n) is 1.60. The zero-order valence-electron chi connectivity index (χ0n) is 9.06. The third kappa shape index (κ3) is 5.09. The quantitative estimate of drug-likeness (QED) is 0.485. The molecule has 1 atom stereocenters. The number of hydrogen-bond acceptors (Lipinski definition) is 4. The summed E-state index contributed by atoms with van der Waals surface area (Å²) in [6.45, 7) is 2.03. The van der Waals surface area contributed by atoms with Crippen LogP contribution in [0.2, 0.25) is 0 Å². The average molecular weight is 251 g/mol. The molecule has 0 saturated carbocycles. The molecule has 5 nitrogen and oxygen atoms in total. The normalized spacial score (nSPS) is 11.1. The topological polar surface area (TPSA) is 78.5 Å². The number of nitrogens with one attached hydrogen (secondary N) is 1. The first-order valence-electron chi connectivity index (χ1n) is 4.26. The van der Waals surface area contributed by atoms with Gasteiger partial charge in [0.15, 0.2) is 0 Å². The molecule has 1 N–H and O–H groups in total. The van der Waals surface area contributed by atoms with Gasteiger partial charge in [-0.05, 0) is 31.2 Å². The number of carbonyl (C=O) groups excluding carboxylic acids is 1. The van der Waals surface area contributed by atoms with Crippen molar-refractivity contribution in [2.45, 2.75) is 6.92 Å². The summed E-state index contributed by atoms with van der Waals surface area (Å²) in [7, 11) is 0. The van der Waals surface area contributed by atoms with Crippen LogP contribution in [-0.2, 0) is 16.0 Å². The van der Waals surface area contributed by atoms with Crippen LogP contribution in [0.15, 0.2) is 24.3 Å². The van der Waals surface area contributed by atoms with Gasteiger partial charge in [0, 0.05) is 46.5 Å². The van der Waals surface area contributed by atoms with E-state index in [-0.39, 0.29) is 29.6 Å². The van der Waals surface area contributed by atoms with E-state index < -0.39 is 17.2 Å². The minimum atomic E-state index is -2.35. The van der Waals surface area contributed by atoms with Crippen molar-refractivity contribution in [3.63, 3.8) is 0 Å². The fourth-order valence-electron chi connectivity index (χ4n) is 0.985. The van der Waals surface area contributed by atoms with Gasteiger partial charge in [-0.25, -0.2) is 4.79 Å². The molecule has 0 aliphatic heterocycles. The monoisotopic (exact) mass is 251 g/mol. The maximum atomic E-state index is 11.2. The van der Waals surface area contributed by atoms with E-state index in [1.807, 2.05) is 0 Å². The molecule has 0 aliphatic rings. The van der Waals surface area contributed by atoms with Crippen LogP contribution in [0.25, 0.3) is 0 Å². The van der Waals surface area contributed by atoms with E-state index in [2.05, 4.69) is 4.72 Å². The summed E-state index contributed by atoms with van der Waals surface area (Å²) in [6.07, 6.45) is 0. The van der Waals surface area contributed by atoms with Gasteiger partial charge in [0.1, 0.15) is 0 Å². The molecule has 0 fully saturated rings. The molecule has 83 valence electrons. The number of hydrogen-bond donors (Lipinski definition) is 1. The first-order chi connectivity index (χ1) is 7.13. The molecule has 1 unspecified atom stereocenters. The molecule has 1 aromatic rings. The molecule has 7 heteroatoms. The second-order valence-electron chi connectivity index (χ2n) is 2.63. The van der Waals surface area contributed by atoms with Gasteiger partial charge in [-0.3, -0.25) is 4.21 Å². The number of carbonyl (C=O) groups is 1. The Labute approximate surface area is 118 Å². The van der Waals surface area contributed by atoms with Crippen molar-refractivity contribution >= 4 is 52.5 Å². The van der Waals surface area contributed by atoms with E-state index in [4.69, 9.17) is 4.74 Å². The molecule has 1 rings (SSSR count). The van der Waals surface area contributed by atoms with Crippen LogP contribution in [-0.4, -0.2) is 50.9 Å². The van der Waals surface area contributed by atoms with Crippen molar-refractivity contribution in [1.82, 2.24) is 0 Å². The van der Waals surface area contributed by atoms with Gasteiger partial charge in [0.25, 0.3) is 0 Å². The van der Waals surface area contributed by atoms with Crippen LogP contribution in [0, 0.1) is 0 Å². The van der Waals surface area contributed by atoms with E-state index in [0.717, 1.165) is 0 Å². The van der Waals surface area contributed by atoms with Crippen LogP contribution < -0.4 is 4.72 Å². The van der Waals surface area contributed by atoms with Crippen molar-refractivity contribution < 1.29 is 18.3 Å². The molecule has 1 aromatic carbocycles. The van der Waals surface area contributed by atoms with Crippen LogP contribution >= 0.6 is 0 Å². The molecule has 16 heavy (non-hydrogen) atoms. The summed E-state index contributed by atoms with van der Waals surface area (Å²) >= 11 is -2.35. The van der Waals surface area contributed by atoms with Crippen molar-refractivity contribution in [1.29, 1.82) is 0 Å². The second kappa shape index (κ2) is 7.81. The van der Waals surface area contributed by atoms with Crippen molar-refractivity contribution in [2.75, 3.05) is 11.3 Å². The maximum absolute atomic E-state index is 11.2. The minimum absolute atomic E-state index is 0. The zero-order chi connectivity index (χ0) is 11.3. The van der Waals surface area contributed by atoms with E-state index in [1.54, 1.807) is 6.92 Å². The zero-order valence-corrected chi connectivity index (χ0v) is 11.9. The summed E-state index contributed by atoms with van der Waals surface area (Å²) in [4.78, 5) is 11.2. The molecule has 1 radical (unpaired) electrons. The molecule has 0 aliphatic carbocycles. The Morgan fingerprint density at radius 2 is 2.00 bits per heavy atom. The largest absolute Gasteiger partial charge is 0.755 e. The summed E-state index contributed by atoms with van der Waals surface area (Å²) in [6, 6.07) is 5.96. The minimum Gasteiger partial charge on any atom is -0.755 e. The van der Waals surface area contributed by atoms with E-state index in [0.29, 0.717) is 17.9 Å². The van der Waals surface area contributed by atoms with Gasteiger partial charge in [-0.1, -0.05) is 0 Å². The van der Waals surface area contributed by atoms with Crippen molar-refractivity contribution in [2.24, 2.45) is 0 Å². The van der Waals surface area contributed by atoms with Gasteiger partial charge < -0.3 is 14.0 Å². The number of rotatable bonds is 4. The predicted molar refractivity (Wildman–Crippen MR) is 60.7 cm³/mol. The molecule has 0 bridgehead atoms. The van der Waals surface area contributed by atoms with E-state index in [9.17, 15) is 13.6 Å². The Balaban J connectivity index is 0.00000225. The van der Waals surface area contributed by atoms with Gasteiger partial charge in [0.2, 0.25) is 0 Å². The Kier molecular flexibility index (Phi) is 7.61. The molecule has 0 spiro atoms. The fraction of sp³-hybridized carbons (Fsp3) is 0.222. The predicted octanol–water partition coefficient (Wildman–Crippen LogP) is 0.688. The van der Waals surface area contributed by atoms with Gasteiger partial charge in [-0.2, -0.15) is 0 Å². The van der Waals surface area contributed by atoms with Crippen molar-refractivity contribution in [3.8, 4) is 0 Å². The Hall–Kier alpha value is -0.400. The first kappa shape index (κ1) is 15.6. The van der Waals surface area contributed by atoms with Crippen LogP contribution in [0.4, 0.5) is 5.69 Å². The first-order valence-corrected chi connectivity index (χ1v) is 5.34. The molecule has 0 saturated heterocycles. The number of ether oxygens (including phenoxy) is 1. The Morgan fingerprint density at radius 3 is 2.44 bits per heavy atom. The van der Waals surface area contributed by atoms with Crippen molar-refractivity contribution in [3.05, 3.63) is 29.8 Å². The standard InChI is InChI=1S/C9H11NO4S.Na/c1-2-14-9(11)7-3-5-8(6-4-7)10-15(12)13;/h3-6,10H,2H2,1H3,(H,12,13);/p-1. The molecule has 0 aromatic heterocycles. The molecule has 0 amide bonds. The second-order valence-corrected chi connectivity index (χ2v) is 3.31. The molecular formula is C9H10NNaO4S-. The Bertz CT molecular complexity index is 368. The van der Waals surface area contributed by atoms with Gasteiger partial charge >= 0.3 is 5.97 Å². The smallest absolute Gasteiger partial charge is 0.338 e. The van der Waals surface area contributed by atoms with E-state index in [1.165, 1.54) is 24.3 Å². The number of anilines is 1. The van der Waals surface area contributed by atoms with Gasteiger partial charge in [-0.15, -0.1) is 0 Å². The van der Waals surface area contributed by atoms with Crippen LogP contribution in [0.5, 0.6) is 0 Å². The van der Waals surface area contributed by atoms with Gasteiger partial charge in [0.05, 0.1) is 12.2 Å². The summed E-state index contributed by atoms with van der Waals surface area (Å²) < 4.78 is 27.5. The SMILES string of the molecule is CCOC(=O)c1ccc(NS(=O)[O-])cc1.[Na]. The summed E-state index contributed by atoms with van der Waals surface area (Å²) in [5.41, 5.74) is 0.787. The average Bonchev–Trinajstić information content (AvgIpc) is 2.18. The molecular weight excluding hydrogens is 241 g/mol. The van der Waals surface area contributed by atoms with Crippen LogP contribution in [0.3, 0.4) is 0 Å². The van der Waals surface area contributed by atoms with E-state index >= 15 is 0 Å². The fourth-order valence-corrected chi connectivity index (χ4v) is 1.31. The number of benzene rings is 1. The number of esters is 1. The third-order valence-corrected chi connectivity index (χ3v) is 2.00. The summed E-state index contributed by atoms with van der Waals surface area (Å²) in [5, 5.41) is 0.